The molecule has 170 valence electrons. The lowest BCUT2D eigenvalue weighted by Crippen LogP contribution is -2.43. The number of fused-ring (bicyclic) bond motifs is 1. The van der Waals surface area contributed by atoms with Crippen LogP contribution in [0.1, 0.15) is 51.2 Å². The van der Waals surface area contributed by atoms with Crippen molar-refractivity contribution in [3.63, 3.8) is 0 Å². The van der Waals surface area contributed by atoms with E-state index >= 15 is 0 Å². The van der Waals surface area contributed by atoms with Gasteiger partial charge in [0.05, 0.1) is 5.52 Å². The standard InChI is InChI=1S/C25H32N4O2S/c1-5-18-11-9-12-20-19(14-21-24(31)28(6-2)25(32)26(21)4)15-27(23(18)20)16-22(30)29-13-8-7-10-17(29)3/h9,11-12,14-15,17H,5-8,10,13,16H2,1-4H3/b21-14-/t17-/m1/s1. The third-order valence-corrected chi connectivity index (χ3v) is 7.27. The van der Waals surface area contributed by atoms with Gasteiger partial charge in [-0.1, -0.05) is 25.1 Å². The Hall–Kier alpha value is -2.67. The quantitative estimate of drug-likeness (QED) is 0.508. The van der Waals surface area contributed by atoms with Crippen LogP contribution in [0, 0.1) is 0 Å². The molecule has 7 heteroatoms. The number of hydrogen-bond donors (Lipinski definition) is 0. The Bertz CT molecular complexity index is 1100. The van der Waals surface area contributed by atoms with Gasteiger partial charge in [0.15, 0.2) is 5.11 Å². The second kappa shape index (κ2) is 9.06. The van der Waals surface area contributed by atoms with Gasteiger partial charge >= 0.3 is 0 Å². The molecule has 0 unspecified atom stereocenters. The molecule has 1 atom stereocenters. The molecular weight excluding hydrogens is 420 g/mol. The summed E-state index contributed by atoms with van der Waals surface area (Å²) in [6.07, 6.45) is 8.13. The summed E-state index contributed by atoms with van der Waals surface area (Å²) in [7, 11) is 1.83. The van der Waals surface area contributed by atoms with Gasteiger partial charge in [0.25, 0.3) is 5.91 Å². The summed E-state index contributed by atoms with van der Waals surface area (Å²) in [5, 5.41) is 1.58. The molecule has 2 amide bonds. The summed E-state index contributed by atoms with van der Waals surface area (Å²) in [6, 6.07) is 6.52. The van der Waals surface area contributed by atoms with E-state index in [1.807, 2.05) is 37.2 Å². The fourth-order valence-electron chi connectivity index (χ4n) is 4.93. The molecule has 2 aromatic rings. The minimum absolute atomic E-state index is 0.0780. The van der Waals surface area contributed by atoms with Crippen molar-refractivity contribution in [3.05, 3.63) is 41.2 Å². The van der Waals surface area contributed by atoms with E-state index in [0.717, 1.165) is 42.3 Å². The minimum atomic E-state index is -0.0780. The van der Waals surface area contributed by atoms with Crippen molar-refractivity contribution in [2.75, 3.05) is 20.1 Å². The Morgan fingerprint density at radius 3 is 2.69 bits per heavy atom. The molecule has 1 aromatic carbocycles. The van der Waals surface area contributed by atoms with Gasteiger partial charge in [-0.05, 0) is 63.4 Å². The van der Waals surface area contributed by atoms with Gasteiger partial charge in [0.2, 0.25) is 5.91 Å². The van der Waals surface area contributed by atoms with Gasteiger partial charge in [-0.3, -0.25) is 14.5 Å². The average Bonchev–Trinajstić information content (AvgIpc) is 3.23. The van der Waals surface area contributed by atoms with E-state index in [1.54, 1.807) is 9.80 Å². The lowest BCUT2D eigenvalue weighted by Gasteiger charge is -2.33. The number of likely N-dealkylation sites (N-methyl/N-ethyl adjacent to an activating group) is 2. The van der Waals surface area contributed by atoms with Crippen LogP contribution in [-0.4, -0.2) is 62.4 Å². The zero-order valence-electron chi connectivity index (χ0n) is 19.4. The Morgan fingerprint density at radius 1 is 1.25 bits per heavy atom. The molecule has 0 aliphatic carbocycles. The number of rotatable bonds is 5. The number of aryl methyl sites for hydroxylation is 1. The third kappa shape index (κ3) is 3.83. The SMILES string of the molecule is CCc1cccc2c(/C=C3/C(=O)N(CC)C(=S)N3C)cn(CC(=O)N3CCCC[C@H]3C)c12. The fraction of sp³-hybridized carbons (Fsp3) is 0.480. The predicted octanol–water partition coefficient (Wildman–Crippen LogP) is 4.02. The molecule has 0 spiro atoms. The van der Waals surface area contributed by atoms with Crippen LogP contribution >= 0.6 is 12.2 Å². The zero-order valence-corrected chi connectivity index (χ0v) is 20.2. The molecule has 2 fully saturated rings. The lowest BCUT2D eigenvalue weighted by molar-refractivity contribution is -0.135. The summed E-state index contributed by atoms with van der Waals surface area (Å²) in [5.74, 6) is 0.0809. The highest BCUT2D eigenvalue weighted by atomic mass is 32.1. The Labute approximate surface area is 195 Å². The molecule has 0 saturated carbocycles. The number of amides is 2. The number of benzene rings is 1. The predicted molar refractivity (Wildman–Crippen MR) is 132 cm³/mol. The van der Waals surface area contributed by atoms with Crippen LogP contribution in [0.15, 0.2) is 30.1 Å². The van der Waals surface area contributed by atoms with Crippen LogP contribution in [-0.2, 0) is 22.6 Å². The highest BCUT2D eigenvalue weighted by molar-refractivity contribution is 7.80. The molecule has 4 rings (SSSR count). The number of likely N-dealkylation sites (tertiary alicyclic amines) is 1. The summed E-state index contributed by atoms with van der Waals surface area (Å²) in [4.78, 5) is 31.5. The number of aromatic nitrogens is 1. The first kappa shape index (κ1) is 22.5. The maximum atomic E-state index is 13.2. The van der Waals surface area contributed by atoms with Crippen LogP contribution in [0.5, 0.6) is 0 Å². The topological polar surface area (TPSA) is 48.8 Å². The van der Waals surface area contributed by atoms with Crippen molar-refractivity contribution in [2.45, 2.75) is 59.0 Å². The Kier molecular flexibility index (Phi) is 6.38. The molecule has 2 aliphatic heterocycles. The van der Waals surface area contributed by atoms with E-state index < -0.39 is 0 Å². The molecule has 6 nitrogen and oxygen atoms in total. The first-order valence-corrected chi connectivity index (χ1v) is 12.0. The molecule has 2 saturated heterocycles. The smallest absolute Gasteiger partial charge is 0.276 e. The molecule has 0 bridgehead atoms. The average molecular weight is 453 g/mol. The van der Waals surface area contributed by atoms with Crippen LogP contribution in [0.4, 0.5) is 0 Å². The van der Waals surface area contributed by atoms with Crippen molar-refractivity contribution in [1.82, 2.24) is 19.3 Å². The van der Waals surface area contributed by atoms with E-state index in [2.05, 4.69) is 30.5 Å². The van der Waals surface area contributed by atoms with Gasteiger partial charge in [-0.2, -0.15) is 0 Å². The molecule has 3 heterocycles. The summed E-state index contributed by atoms with van der Waals surface area (Å²) in [5.41, 5.74) is 3.77. The Morgan fingerprint density at radius 2 is 2.03 bits per heavy atom. The third-order valence-electron chi connectivity index (χ3n) is 6.77. The van der Waals surface area contributed by atoms with E-state index in [1.165, 1.54) is 12.0 Å². The van der Waals surface area contributed by atoms with Crippen molar-refractivity contribution in [3.8, 4) is 0 Å². The maximum Gasteiger partial charge on any atom is 0.276 e. The van der Waals surface area contributed by atoms with Crippen molar-refractivity contribution < 1.29 is 9.59 Å². The van der Waals surface area contributed by atoms with Crippen molar-refractivity contribution in [2.24, 2.45) is 0 Å². The summed E-state index contributed by atoms with van der Waals surface area (Å²) < 4.78 is 2.07. The second-order valence-corrected chi connectivity index (χ2v) is 9.10. The molecule has 0 N–H and O–H groups in total. The van der Waals surface area contributed by atoms with Crippen LogP contribution in [0.25, 0.3) is 17.0 Å². The summed E-state index contributed by atoms with van der Waals surface area (Å²) in [6.45, 7) is 7.88. The monoisotopic (exact) mass is 452 g/mol. The van der Waals surface area contributed by atoms with E-state index in [4.69, 9.17) is 12.2 Å². The molecule has 32 heavy (non-hydrogen) atoms. The largest absolute Gasteiger partial charge is 0.338 e. The number of hydrogen-bond acceptors (Lipinski definition) is 3. The van der Waals surface area contributed by atoms with Gasteiger partial charge in [0, 0.05) is 43.3 Å². The first-order chi connectivity index (χ1) is 15.4. The minimum Gasteiger partial charge on any atom is -0.338 e. The number of para-hydroxylation sites is 1. The van der Waals surface area contributed by atoms with Crippen LogP contribution < -0.4 is 0 Å². The Balaban J connectivity index is 1.76. The van der Waals surface area contributed by atoms with Crippen molar-refractivity contribution in [1.29, 1.82) is 0 Å². The molecule has 1 aromatic heterocycles. The van der Waals surface area contributed by atoms with Crippen LogP contribution in [0.3, 0.4) is 0 Å². The zero-order chi connectivity index (χ0) is 23.0. The highest BCUT2D eigenvalue weighted by Gasteiger charge is 2.34. The van der Waals surface area contributed by atoms with Gasteiger partial charge < -0.3 is 14.4 Å². The molecule has 2 aliphatic rings. The van der Waals surface area contributed by atoms with Crippen LogP contribution in [0.2, 0.25) is 0 Å². The van der Waals surface area contributed by atoms with Gasteiger partial charge in [-0.25, -0.2) is 0 Å². The van der Waals surface area contributed by atoms with E-state index in [-0.39, 0.29) is 17.9 Å². The van der Waals surface area contributed by atoms with E-state index in [9.17, 15) is 9.59 Å². The normalized spacial score (nSPS) is 20.8. The van der Waals surface area contributed by atoms with Gasteiger partial charge in [0.1, 0.15) is 12.2 Å². The maximum absolute atomic E-state index is 13.2. The summed E-state index contributed by atoms with van der Waals surface area (Å²) >= 11 is 5.45. The number of nitrogens with zero attached hydrogens (tertiary/aromatic N) is 4. The number of carbonyl (C=O) groups excluding carboxylic acids is 2. The highest BCUT2D eigenvalue weighted by Crippen LogP contribution is 2.30. The van der Waals surface area contributed by atoms with Gasteiger partial charge in [-0.15, -0.1) is 0 Å². The van der Waals surface area contributed by atoms with E-state index in [0.29, 0.717) is 23.9 Å². The fourth-order valence-corrected chi connectivity index (χ4v) is 5.24. The molecular formula is C25H32N4O2S. The number of piperidine rings is 1. The lowest BCUT2D eigenvalue weighted by atomic mass is 10.0. The van der Waals surface area contributed by atoms with Crippen molar-refractivity contribution >= 4 is 46.1 Å². The first-order valence-electron chi connectivity index (χ1n) is 11.6. The second-order valence-electron chi connectivity index (χ2n) is 8.73. The number of thiocarbonyl (C=S) groups is 1. The number of carbonyl (C=O) groups is 2. The molecule has 0 radical (unpaired) electrons.